The first kappa shape index (κ1) is 13.2. The van der Waals surface area contributed by atoms with Gasteiger partial charge in [-0.3, -0.25) is 4.98 Å². The molecule has 0 saturated heterocycles. The molecule has 0 fully saturated rings. The molecule has 4 heteroatoms. The van der Waals surface area contributed by atoms with Crippen molar-refractivity contribution in [2.24, 2.45) is 0 Å². The molecule has 4 nitrogen and oxygen atoms in total. The number of nitrogens with one attached hydrogen (secondary N) is 1. The topological polar surface area (TPSA) is 37.4 Å². The van der Waals surface area contributed by atoms with Gasteiger partial charge in [-0.1, -0.05) is 12.1 Å². The minimum atomic E-state index is 0.846. The second-order valence-electron chi connectivity index (χ2n) is 4.19. The van der Waals surface area contributed by atoms with E-state index in [-0.39, 0.29) is 0 Å². The molecule has 0 atom stereocenters. The first-order valence-corrected chi connectivity index (χ1v) is 6.32. The Labute approximate surface area is 114 Å². The molecule has 1 N–H and O–H groups in total. The van der Waals surface area contributed by atoms with Gasteiger partial charge in [-0.05, 0) is 25.1 Å². The summed E-state index contributed by atoms with van der Waals surface area (Å²) >= 11 is 0. The molecule has 0 radical (unpaired) electrons. The summed E-state index contributed by atoms with van der Waals surface area (Å²) in [6.07, 6.45) is 3.66. The first-order valence-electron chi connectivity index (χ1n) is 6.32. The molecule has 1 aromatic carbocycles. The number of para-hydroxylation sites is 2. The van der Waals surface area contributed by atoms with Crippen LogP contribution in [0.4, 0.5) is 17.1 Å². The Bertz CT molecular complexity index is 542. The second-order valence-corrected chi connectivity index (χ2v) is 4.19. The van der Waals surface area contributed by atoms with Gasteiger partial charge in [-0.25, -0.2) is 0 Å². The maximum Gasteiger partial charge on any atom is 0.142 e. The minimum absolute atomic E-state index is 0.846. The minimum Gasteiger partial charge on any atom is -0.495 e. The van der Waals surface area contributed by atoms with E-state index < -0.39 is 0 Å². The zero-order valence-corrected chi connectivity index (χ0v) is 11.6. The summed E-state index contributed by atoms with van der Waals surface area (Å²) < 4.78 is 5.39. The van der Waals surface area contributed by atoms with Gasteiger partial charge in [-0.2, -0.15) is 0 Å². The number of rotatable bonds is 5. The van der Waals surface area contributed by atoms with E-state index in [1.165, 1.54) is 0 Å². The summed E-state index contributed by atoms with van der Waals surface area (Å²) in [6.45, 7) is 2.94. The summed E-state index contributed by atoms with van der Waals surface area (Å²) in [5, 5.41) is 3.26. The van der Waals surface area contributed by atoms with Crippen molar-refractivity contribution in [1.82, 2.24) is 4.98 Å². The van der Waals surface area contributed by atoms with Gasteiger partial charge in [0.25, 0.3) is 0 Å². The molecule has 0 aliphatic carbocycles. The van der Waals surface area contributed by atoms with E-state index in [0.29, 0.717) is 0 Å². The summed E-state index contributed by atoms with van der Waals surface area (Å²) in [6, 6.07) is 10.0. The second kappa shape index (κ2) is 6.09. The van der Waals surface area contributed by atoms with Crippen molar-refractivity contribution in [3.63, 3.8) is 0 Å². The van der Waals surface area contributed by atoms with Crippen LogP contribution in [0.1, 0.15) is 6.92 Å². The van der Waals surface area contributed by atoms with Gasteiger partial charge in [-0.15, -0.1) is 0 Å². The highest BCUT2D eigenvalue weighted by molar-refractivity contribution is 5.70. The van der Waals surface area contributed by atoms with E-state index in [9.17, 15) is 0 Å². The summed E-state index contributed by atoms with van der Waals surface area (Å²) in [7, 11) is 3.69. The number of nitrogens with zero attached hydrogens (tertiary/aromatic N) is 2. The molecule has 0 aliphatic heterocycles. The van der Waals surface area contributed by atoms with Crippen LogP contribution in [0.25, 0.3) is 0 Å². The Morgan fingerprint density at radius 3 is 2.79 bits per heavy atom. The molecule has 0 amide bonds. The average molecular weight is 257 g/mol. The number of benzene rings is 1. The molecule has 2 aromatic rings. The maximum atomic E-state index is 5.39. The number of methoxy groups -OCH3 is 1. The monoisotopic (exact) mass is 257 g/mol. The molecule has 100 valence electrons. The number of pyridine rings is 1. The molecule has 0 saturated carbocycles. The summed E-state index contributed by atoms with van der Waals surface area (Å²) in [4.78, 5) is 6.32. The van der Waals surface area contributed by atoms with Gasteiger partial charge >= 0.3 is 0 Å². The van der Waals surface area contributed by atoms with Crippen LogP contribution in [0.2, 0.25) is 0 Å². The zero-order valence-electron chi connectivity index (χ0n) is 11.6. The quantitative estimate of drug-likeness (QED) is 0.892. The first-order chi connectivity index (χ1) is 9.26. The Kier molecular flexibility index (Phi) is 4.23. The highest BCUT2D eigenvalue weighted by Crippen LogP contribution is 2.32. The Hall–Kier alpha value is -2.23. The van der Waals surface area contributed by atoms with E-state index in [1.807, 2.05) is 43.7 Å². The fourth-order valence-electron chi connectivity index (χ4n) is 1.96. The molecular formula is C15H19N3O. The van der Waals surface area contributed by atoms with Gasteiger partial charge in [0.2, 0.25) is 0 Å². The molecule has 1 aromatic heterocycles. The lowest BCUT2D eigenvalue weighted by molar-refractivity contribution is 0.415. The zero-order chi connectivity index (χ0) is 13.7. The lowest BCUT2D eigenvalue weighted by atomic mass is 10.2. The van der Waals surface area contributed by atoms with Crippen LogP contribution < -0.4 is 15.0 Å². The van der Waals surface area contributed by atoms with Crippen molar-refractivity contribution in [3.8, 4) is 5.75 Å². The molecule has 0 spiro atoms. The third-order valence-electron chi connectivity index (χ3n) is 2.94. The Morgan fingerprint density at radius 1 is 1.26 bits per heavy atom. The normalized spacial score (nSPS) is 10.1. The van der Waals surface area contributed by atoms with Gasteiger partial charge in [0, 0.05) is 13.6 Å². The van der Waals surface area contributed by atoms with Crippen LogP contribution in [-0.2, 0) is 0 Å². The van der Waals surface area contributed by atoms with E-state index in [4.69, 9.17) is 4.74 Å². The molecule has 19 heavy (non-hydrogen) atoms. The molecule has 2 rings (SSSR count). The van der Waals surface area contributed by atoms with Crippen molar-refractivity contribution in [2.45, 2.75) is 6.92 Å². The number of ether oxygens (including phenoxy) is 1. The van der Waals surface area contributed by atoms with Crippen LogP contribution in [0.3, 0.4) is 0 Å². The van der Waals surface area contributed by atoms with Gasteiger partial charge in [0.15, 0.2) is 0 Å². The third kappa shape index (κ3) is 2.96. The van der Waals surface area contributed by atoms with Gasteiger partial charge in [0.1, 0.15) is 5.75 Å². The van der Waals surface area contributed by atoms with E-state index in [1.54, 1.807) is 7.11 Å². The fraction of sp³-hybridized carbons (Fsp3) is 0.267. The van der Waals surface area contributed by atoms with E-state index in [2.05, 4.69) is 28.2 Å². The molecular weight excluding hydrogens is 238 g/mol. The standard InChI is InChI=1S/C15H19N3O/c1-4-17-12-9-13(11-16-10-12)18(2)14-7-5-6-8-15(14)19-3/h5-11,17H,4H2,1-3H3. The van der Waals surface area contributed by atoms with Crippen LogP contribution in [0.15, 0.2) is 42.7 Å². The molecule has 0 aliphatic rings. The maximum absolute atomic E-state index is 5.39. The van der Waals surface area contributed by atoms with Crippen LogP contribution in [0, 0.1) is 0 Å². The van der Waals surface area contributed by atoms with Crippen LogP contribution >= 0.6 is 0 Å². The molecule has 0 unspecified atom stereocenters. The summed E-state index contributed by atoms with van der Waals surface area (Å²) in [5.41, 5.74) is 3.05. The molecule has 1 heterocycles. The predicted octanol–water partition coefficient (Wildman–Crippen LogP) is 3.29. The van der Waals surface area contributed by atoms with E-state index >= 15 is 0 Å². The number of aromatic nitrogens is 1. The van der Waals surface area contributed by atoms with Crippen molar-refractivity contribution < 1.29 is 4.74 Å². The number of hydrogen-bond donors (Lipinski definition) is 1. The number of hydrogen-bond acceptors (Lipinski definition) is 4. The summed E-state index contributed by atoms with van der Waals surface area (Å²) in [5.74, 6) is 0.846. The lowest BCUT2D eigenvalue weighted by Gasteiger charge is -2.22. The average Bonchev–Trinajstić information content (AvgIpc) is 2.47. The lowest BCUT2D eigenvalue weighted by Crippen LogP contribution is -2.11. The van der Waals surface area contributed by atoms with E-state index in [0.717, 1.165) is 29.4 Å². The van der Waals surface area contributed by atoms with Crippen molar-refractivity contribution in [2.75, 3.05) is 30.9 Å². The van der Waals surface area contributed by atoms with Crippen LogP contribution in [0.5, 0.6) is 5.75 Å². The van der Waals surface area contributed by atoms with Gasteiger partial charge in [0.05, 0.1) is 36.6 Å². The van der Waals surface area contributed by atoms with Gasteiger partial charge < -0.3 is 15.0 Å². The number of anilines is 3. The fourth-order valence-corrected chi connectivity index (χ4v) is 1.96. The Balaban J connectivity index is 2.32. The molecule has 0 bridgehead atoms. The predicted molar refractivity (Wildman–Crippen MR) is 79.5 cm³/mol. The third-order valence-corrected chi connectivity index (χ3v) is 2.94. The van der Waals surface area contributed by atoms with Crippen molar-refractivity contribution in [3.05, 3.63) is 42.7 Å². The smallest absolute Gasteiger partial charge is 0.142 e. The van der Waals surface area contributed by atoms with Crippen molar-refractivity contribution in [1.29, 1.82) is 0 Å². The highest BCUT2D eigenvalue weighted by atomic mass is 16.5. The Morgan fingerprint density at radius 2 is 2.05 bits per heavy atom. The SMILES string of the molecule is CCNc1cncc(N(C)c2ccccc2OC)c1. The highest BCUT2D eigenvalue weighted by Gasteiger charge is 2.09. The van der Waals surface area contributed by atoms with Crippen LogP contribution in [-0.4, -0.2) is 25.7 Å². The largest absolute Gasteiger partial charge is 0.495 e. The van der Waals surface area contributed by atoms with Crippen molar-refractivity contribution >= 4 is 17.1 Å².